The number of nitrogens with zero attached hydrogens (tertiary/aromatic N) is 2. The summed E-state index contributed by atoms with van der Waals surface area (Å²) in [5.74, 6) is 6.65. The van der Waals surface area contributed by atoms with Gasteiger partial charge in [-0.1, -0.05) is 12.8 Å². The van der Waals surface area contributed by atoms with Gasteiger partial charge in [0.2, 0.25) is 0 Å². The summed E-state index contributed by atoms with van der Waals surface area (Å²) < 4.78 is 11.9. The van der Waals surface area contributed by atoms with Gasteiger partial charge >= 0.3 is 5.97 Å². The van der Waals surface area contributed by atoms with Crippen LogP contribution < -0.4 is 4.74 Å². The van der Waals surface area contributed by atoms with Crippen LogP contribution in [0.25, 0.3) is 32.9 Å². The van der Waals surface area contributed by atoms with Crippen LogP contribution in [0.3, 0.4) is 0 Å². The molecule has 0 saturated heterocycles. The topological polar surface area (TPSA) is 81.5 Å². The van der Waals surface area contributed by atoms with Crippen LogP contribution in [0.5, 0.6) is 5.75 Å². The lowest BCUT2D eigenvalue weighted by atomic mass is 9.86. The molecule has 200 valence electrons. The fourth-order valence-electron chi connectivity index (χ4n) is 5.08. The summed E-state index contributed by atoms with van der Waals surface area (Å²) in [6, 6.07) is 11.7. The van der Waals surface area contributed by atoms with Crippen LogP contribution in [0.2, 0.25) is 0 Å². The van der Waals surface area contributed by atoms with Gasteiger partial charge in [0.15, 0.2) is 6.10 Å². The van der Waals surface area contributed by atoms with Crippen molar-refractivity contribution in [2.75, 3.05) is 7.11 Å². The lowest BCUT2D eigenvalue weighted by Crippen LogP contribution is -2.28. The second kappa shape index (κ2) is 10.3. The van der Waals surface area contributed by atoms with Crippen molar-refractivity contribution in [3.05, 3.63) is 65.0 Å². The molecule has 1 atom stereocenters. The van der Waals surface area contributed by atoms with Gasteiger partial charge in [-0.2, -0.15) is 0 Å². The Morgan fingerprint density at radius 2 is 1.95 bits per heavy atom. The Bertz CT molecular complexity index is 1640. The fraction of sp³-hybridized carbons (Fsp3) is 0.364. The molecule has 1 saturated carbocycles. The average molecular weight is 523 g/mol. The molecule has 1 N–H and O–H groups in total. The number of benzene rings is 2. The molecule has 2 aromatic carbocycles. The Hall–Kier alpha value is -3.95. The van der Waals surface area contributed by atoms with E-state index in [4.69, 9.17) is 19.4 Å². The number of methoxy groups -OCH3 is 1. The second-order valence-corrected chi connectivity index (χ2v) is 11.1. The SMILES string of the molecule is CCc1ccnc2c(-c3c([C@H](OC(C)(C)C)C(=O)O)c(C)cc4nc(C#CC5CC5)ccc34)ccc(OC)c12. The Balaban J connectivity index is 1.88. The largest absolute Gasteiger partial charge is 0.496 e. The highest BCUT2D eigenvalue weighted by molar-refractivity contribution is 6.08. The van der Waals surface area contributed by atoms with Crippen molar-refractivity contribution in [2.45, 2.75) is 65.6 Å². The number of rotatable bonds is 6. The fourth-order valence-corrected chi connectivity index (χ4v) is 5.08. The van der Waals surface area contributed by atoms with E-state index in [2.05, 4.69) is 18.8 Å². The van der Waals surface area contributed by atoms with E-state index in [9.17, 15) is 9.90 Å². The summed E-state index contributed by atoms with van der Waals surface area (Å²) in [5, 5.41) is 12.2. The van der Waals surface area contributed by atoms with Gasteiger partial charge in [-0.15, -0.1) is 0 Å². The van der Waals surface area contributed by atoms with Gasteiger partial charge in [-0.25, -0.2) is 9.78 Å². The summed E-state index contributed by atoms with van der Waals surface area (Å²) in [5.41, 5.74) is 5.58. The van der Waals surface area contributed by atoms with Gasteiger partial charge in [0.05, 0.1) is 23.7 Å². The summed E-state index contributed by atoms with van der Waals surface area (Å²) in [6.07, 6.45) is 3.70. The molecule has 5 rings (SSSR count). The molecule has 1 aliphatic rings. The number of carboxylic acids is 1. The number of aromatic nitrogens is 2. The molecule has 6 nitrogen and oxygen atoms in total. The van der Waals surface area contributed by atoms with Crippen molar-refractivity contribution < 1.29 is 19.4 Å². The number of hydrogen-bond acceptors (Lipinski definition) is 5. The average Bonchev–Trinajstić information content (AvgIpc) is 3.73. The van der Waals surface area contributed by atoms with Crippen LogP contribution in [0.15, 0.2) is 42.6 Å². The van der Waals surface area contributed by atoms with Crippen molar-refractivity contribution in [3.63, 3.8) is 0 Å². The van der Waals surface area contributed by atoms with Gasteiger partial charge in [0.25, 0.3) is 0 Å². The van der Waals surface area contributed by atoms with Gasteiger partial charge in [0, 0.05) is 34.0 Å². The van der Waals surface area contributed by atoms with E-state index in [-0.39, 0.29) is 0 Å². The van der Waals surface area contributed by atoms with E-state index in [1.165, 1.54) is 0 Å². The van der Waals surface area contributed by atoms with Gasteiger partial charge in [-0.05, 0) is 106 Å². The second-order valence-electron chi connectivity index (χ2n) is 11.1. The maximum atomic E-state index is 12.7. The molecule has 4 aromatic rings. The first kappa shape index (κ1) is 26.6. The number of hydrogen-bond donors (Lipinski definition) is 1. The first-order chi connectivity index (χ1) is 18.6. The Labute approximate surface area is 229 Å². The minimum Gasteiger partial charge on any atom is -0.496 e. The van der Waals surface area contributed by atoms with E-state index in [0.717, 1.165) is 69.1 Å². The molecule has 1 fully saturated rings. The molecule has 0 unspecified atom stereocenters. The van der Waals surface area contributed by atoms with Crippen LogP contribution in [-0.2, 0) is 16.0 Å². The van der Waals surface area contributed by atoms with E-state index in [0.29, 0.717) is 17.2 Å². The number of aliphatic carboxylic acids is 1. The lowest BCUT2D eigenvalue weighted by molar-refractivity contribution is -0.160. The summed E-state index contributed by atoms with van der Waals surface area (Å²) >= 11 is 0. The number of fused-ring (bicyclic) bond motifs is 2. The van der Waals surface area contributed by atoms with Crippen molar-refractivity contribution in [3.8, 4) is 28.7 Å². The predicted octanol–water partition coefficient (Wildman–Crippen LogP) is 7.03. The predicted molar refractivity (Wildman–Crippen MR) is 154 cm³/mol. The van der Waals surface area contributed by atoms with Crippen LogP contribution in [0, 0.1) is 24.7 Å². The highest BCUT2D eigenvalue weighted by Crippen LogP contribution is 2.44. The number of carbonyl (C=O) groups is 1. The van der Waals surface area contributed by atoms with Crippen LogP contribution in [-0.4, -0.2) is 33.8 Å². The van der Waals surface area contributed by atoms with Crippen LogP contribution >= 0.6 is 0 Å². The molecule has 0 aliphatic heterocycles. The van der Waals surface area contributed by atoms with E-state index < -0.39 is 17.7 Å². The first-order valence-corrected chi connectivity index (χ1v) is 13.4. The molecule has 0 radical (unpaired) electrons. The minimum atomic E-state index is -1.19. The standard InChI is InChI=1S/C33H34N2O4/c1-7-21-16-17-34-30-24(14-15-26(38-6)28(21)30)29-23-13-12-22(11-10-20-8-9-20)35-25(23)18-19(2)27(29)31(32(36)37)39-33(3,4)5/h12-18,20,31H,7-9H2,1-6H3,(H,36,37)/t31-/m0/s1. The summed E-state index contributed by atoms with van der Waals surface area (Å²) in [4.78, 5) is 22.4. The zero-order valence-corrected chi connectivity index (χ0v) is 23.4. The molecule has 1 aliphatic carbocycles. The molecule has 0 spiro atoms. The zero-order chi connectivity index (χ0) is 27.9. The molecule has 2 heterocycles. The quantitative estimate of drug-likeness (QED) is 0.274. The Kier molecular flexibility index (Phi) is 7.05. The van der Waals surface area contributed by atoms with Gasteiger partial charge < -0.3 is 14.6 Å². The van der Waals surface area contributed by atoms with Gasteiger partial charge in [0.1, 0.15) is 11.4 Å². The monoisotopic (exact) mass is 522 g/mol. The normalized spacial score (nSPS) is 14.2. The van der Waals surface area contributed by atoms with E-state index >= 15 is 0 Å². The number of pyridine rings is 2. The van der Waals surface area contributed by atoms with Crippen LogP contribution in [0.4, 0.5) is 0 Å². The van der Waals surface area contributed by atoms with Crippen molar-refractivity contribution in [2.24, 2.45) is 5.92 Å². The molecule has 6 heteroatoms. The molecular formula is C33H34N2O4. The third-order valence-corrected chi connectivity index (χ3v) is 6.99. The van der Waals surface area contributed by atoms with Crippen molar-refractivity contribution in [1.29, 1.82) is 0 Å². The van der Waals surface area contributed by atoms with E-state index in [1.807, 2.05) is 64.1 Å². The zero-order valence-electron chi connectivity index (χ0n) is 23.4. The van der Waals surface area contributed by atoms with Crippen LogP contribution in [0.1, 0.15) is 69.0 Å². The molecule has 0 bridgehead atoms. The van der Waals surface area contributed by atoms with E-state index in [1.54, 1.807) is 13.3 Å². The molecular weight excluding hydrogens is 488 g/mol. The number of carboxylic acid groups (broad SMARTS) is 1. The van der Waals surface area contributed by atoms with Gasteiger partial charge in [-0.3, -0.25) is 4.98 Å². The number of aryl methyl sites for hydroxylation is 2. The Morgan fingerprint density at radius 3 is 2.59 bits per heavy atom. The van der Waals surface area contributed by atoms with Crippen molar-refractivity contribution in [1.82, 2.24) is 9.97 Å². The third-order valence-electron chi connectivity index (χ3n) is 6.99. The first-order valence-electron chi connectivity index (χ1n) is 13.4. The smallest absolute Gasteiger partial charge is 0.337 e. The van der Waals surface area contributed by atoms with Crippen molar-refractivity contribution >= 4 is 27.8 Å². The highest BCUT2D eigenvalue weighted by Gasteiger charge is 2.32. The summed E-state index contributed by atoms with van der Waals surface area (Å²) in [6.45, 7) is 9.61. The maximum Gasteiger partial charge on any atom is 0.337 e. The third kappa shape index (κ3) is 5.32. The highest BCUT2D eigenvalue weighted by atomic mass is 16.5. The summed E-state index contributed by atoms with van der Waals surface area (Å²) in [7, 11) is 1.65. The maximum absolute atomic E-state index is 12.7. The Morgan fingerprint density at radius 1 is 1.18 bits per heavy atom. The lowest BCUT2D eigenvalue weighted by Gasteiger charge is -2.28. The molecule has 2 aromatic heterocycles. The number of ether oxygens (including phenoxy) is 2. The molecule has 39 heavy (non-hydrogen) atoms. The minimum absolute atomic E-state index is 0.470. The molecule has 0 amide bonds.